The van der Waals surface area contributed by atoms with Crippen LogP contribution in [0.15, 0.2) is 37.1 Å². The number of aromatic nitrogens is 6. The fourth-order valence-electron chi connectivity index (χ4n) is 5.06. The lowest BCUT2D eigenvalue weighted by atomic mass is 10.2. The summed E-state index contributed by atoms with van der Waals surface area (Å²) in [6.07, 6.45) is 14.1. The number of nitrogens with zero attached hydrogens (tertiary/aromatic N) is 7. The third-order valence-corrected chi connectivity index (χ3v) is 6.61. The maximum absolute atomic E-state index is 4.90. The summed E-state index contributed by atoms with van der Waals surface area (Å²) in [6.45, 7) is 5.01. The molecule has 4 aromatic heterocycles. The number of rotatable bonds is 4. The molecule has 9 nitrogen and oxygen atoms in total. The lowest BCUT2D eigenvalue weighted by molar-refractivity contribution is 0.482. The van der Waals surface area contributed by atoms with Gasteiger partial charge in [0, 0.05) is 54.9 Å². The Labute approximate surface area is 186 Å². The van der Waals surface area contributed by atoms with Gasteiger partial charge in [-0.2, -0.15) is 4.98 Å². The molecule has 32 heavy (non-hydrogen) atoms. The van der Waals surface area contributed by atoms with Crippen molar-refractivity contribution in [3.8, 4) is 0 Å². The van der Waals surface area contributed by atoms with Crippen molar-refractivity contribution in [2.45, 2.75) is 44.7 Å². The second-order valence-corrected chi connectivity index (χ2v) is 8.82. The Balaban J connectivity index is 1.31. The molecular formula is C23H27N9. The summed E-state index contributed by atoms with van der Waals surface area (Å²) < 4.78 is 2.36. The van der Waals surface area contributed by atoms with Gasteiger partial charge in [-0.05, 0) is 25.8 Å². The molecular weight excluding hydrogens is 402 g/mol. The first-order valence-electron chi connectivity index (χ1n) is 11.4. The molecule has 0 aromatic carbocycles. The minimum Gasteiger partial charge on any atom is -0.353 e. The van der Waals surface area contributed by atoms with E-state index in [0.29, 0.717) is 23.8 Å². The maximum atomic E-state index is 4.90. The smallest absolute Gasteiger partial charge is 0.230 e. The Bertz CT molecular complexity index is 1240. The maximum Gasteiger partial charge on any atom is 0.230 e. The van der Waals surface area contributed by atoms with Crippen LogP contribution >= 0.6 is 0 Å². The van der Waals surface area contributed by atoms with Gasteiger partial charge >= 0.3 is 0 Å². The first-order chi connectivity index (χ1) is 15.8. The van der Waals surface area contributed by atoms with Gasteiger partial charge in [0.1, 0.15) is 11.5 Å². The van der Waals surface area contributed by atoms with E-state index in [1.54, 1.807) is 6.20 Å². The van der Waals surface area contributed by atoms with Gasteiger partial charge in [-0.1, -0.05) is 12.8 Å². The topological polar surface area (TPSA) is 96.7 Å². The summed E-state index contributed by atoms with van der Waals surface area (Å²) in [6, 6.07) is 2.97. The van der Waals surface area contributed by atoms with E-state index in [2.05, 4.69) is 53.0 Å². The van der Waals surface area contributed by atoms with Gasteiger partial charge in [0.25, 0.3) is 0 Å². The lowest BCUT2D eigenvalue weighted by Crippen LogP contribution is -2.49. The molecule has 9 heteroatoms. The second kappa shape index (κ2) is 7.98. The second-order valence-electron chi connectivity index (χ2n) is 8.82. The number of hydrogen-bond donors (Lipinski definition) is 2. The molecule has 5 heterocycles. The average molecular weight is 430 g/mol. The van der Waals surface area contributed by atoms with Gasteiger partial charge in [0.05, 0.1) is 24.1 Å². The molecule has 2 fully saturated rings. The molecule has 0 unspecified atom stereocenters. The van der Waals surface area contributed by atoms with Crippen LogP contribution in [0.25, 0.3) is 21.9 Å². The zero-order valence-electron chi connectivity index (χ0n) is 18.2. The van der Waals surface area contributed by atoms with Crippen molar-refractivity contribution in [1.82, 2.24) is 34.8 Å². The Morgan fingerprint density at radius 1 is 1.03 bits per heavy atom. The van der Waals surface area contributed by atoms with Gasteiger partial charge in [-0.15, -0.1) is 0 Å². The average Bonchev–Trinajstić information content (AvgIpc) is 3.45. The van der Waals surface area contributed by atoms with Crippen molar-refractivity contribution in [2.75, 3.05) is 29.9 Å². The highest BCUT2D eigenvalue weighted by Gasteiger charge is 2.23. The molecule has 1 atom stereocenters. The standard InChI is InChI=1S/C23H27N9/c1-15-14-31(9-8-25-15)21-13-26-20(12-27-21)29-23-28-10-18-17-6-7-24-11-19(17)32(22(18)30-23)16-4-2-3-5-16/h6-7,10-13,15-16,25H,2-5,8-9,14H2,1H3,(H,26,28,29,30)/t15-/m0/s1. The van der Waals surface area contributed by atoms with Crippen LogP contribution in [-0.4, -0.2) is 55.2 Å². The first kappa shape index (κ1) is 19.4. The number of piperazine rings is 1. The van der Waals surface area contributed by atoms with Crippen LogP contribution in [0.3, 0.4) is 0 Å². The van der Waals surface area contributed by atoms with Crippen LogP contribution < -0.4 is 15.5 Å². The van der Waals surface area contributed by atoms with Crippen LogP contribution in [0.2, 0.25) is 0 Å². The summed E-state index contributed by atoms with van der Waals surface area (Å²) in [7, 11) is 0. The molecule has 0 spiro atoms. The number of nitrogens with one attached hydrogen (secondary N) is 2. The van der Waals surface area contributed by atoms with Crippen LogP contribution in [-0.2, 0) is 0 Å². The van der Waals surface area contributed by atoms with Crippen molar-refractivity contribution in [3.63, 3.8) is 0 Å². The summed E-state index contributed by atoms with van der Waals surface area (Å²) in [4.78, 5) is 25.3. The van der Waals surface area contributed by atoms with Gasteiger partial charge < -0.3 is 20.1 Å². The Hall–Kier alpha value is -3.33. The third kappa shape index (κ3) is 3.42. The highest BCUT2D eigenvalue weighted by atomic mass is 15.3. The van der Waals surface area contributed by atoms with Crippen LogP contribution in [0.4, 0.5) is 17.6 Å². The van der Waals surface area contributed by atoms with Crippen LogP contribution in [0.1, 0.15) is 38.6 Å². The van der Waals surface area contributed by atoms with Gasteiger partial charge in [0.15, 0.2) is 5.82 Å². The largest absolute Gasteiger partial charge is 0.353 e. The molecule has 1 aliphatic carbocycles. The van der Waals surface area contributed by atoms with E-state index in [9.17, 15) is 0 Å². The molecule has 0 bridgehead atoms. The number of anilines is 3. The summed E-state index contributed by atoms with van der Waals surface area (Å²) in [5, 5.41) is 8.91. The number of hydrogen-bond acceptors (Lipinski definition) is 8. The minimum absolute atomic E-state index is 0.449. The predicted octanol–water partition coefficient (Wildman–Crippen LogP) is 3.43. The molecule has 2 aliphatic rings. The van der Waals surface area contributed by atoms with Crippen molar-refractivity contribution >= 4 is 39.5 Å². The summed E-state index contributed by atoms with van der Waals surface area (Å²) >= 11 is 0. The van der Waals surface area contributed by atoms with E-state index >= 15 is 0 Å². The fourth-order valence-corrected chi connectivity index (χ4v) is 5.06. The molecule has 0 amide bonds. The molecule has 1 aliphatic heterocycles. The van der Waals surface area contributed by atoms with Gasteiger partial charge in [0.2, 0.25) is 5.95 Å². The summed E-state index contributed by atoms with van der Waals surface area (Å²) in [5.74, 6) is 2.07. The number of fused-ring (bicyclic) bond motifs is 3. The molecule has 1 saturated heterocycles. The Morgan fingerprint density at radius 2 is 1.94 bits per heavy atom. The Kier molecular flexibility index (Phi) is 4.83. The van der Waals surface area contributed by atoms with Crippen molar-refractivity contribution < 1.29 is 0 Å². The van der Waals surface area contributed by atoms with Crippen molar-refractivity contribution in [2.24, 2.45) is 0 Å². The van der Waals surface area contributed by atoms with E-state index in [-0.39, 0.29) is 0 Å². The van der Waals surface area contributed by atoms with E-state index < -0.39 is 0 Å². The molecule has 164 valence electrons. The van der Waals surface area contributed by atoms with Gasteiger partial charge in [-0.25, -0.2) is 15.0 Å². The van der Waals surface area contributed by atoms with E-state index in [4.69, 9.17) is 4.98 Å². The normalized spacial score (nSPS) is 19.8. The zero-order chi connectivity index (χ0) is 21.5. The molecule has 4 aromatic rings. The SMILES string of the molecule is C[C@H]1CN(c2cnc(Nc3ncc4c5ccncc5n(C5CCCC5)c4n3)cn2)CCN1. The van der Waals surface area contributed by atoms with Crippen molar-refractivity contribution in [3.05, 3.63) is 37.1 Å². The van der Waals surface area contributed by atoms with Crippen LogP contribution in [0.5, 0.6) is 0 Å². The molecule has 0 radical (unpaired) electrons. The monoisotopic (exact) mass is 429 g/mol. The molecule has 1 saturated carbocycles. The summed E-state index contributed by atoms with van der Waals surface area (Å²) in [5.41, 5.74) is 2.09. The fraction of sp³-hybridized carbons (Fsp3) is 0.435. The van der Waals surface area contributed by atoms with Gasteiger partial charge in [-0.3, -0.25) is 4.98 Å². The van der Waals surface area contributed by atoms with E-state index in [1.165, 1.54) is 25.7 Å². The zero-order valence-corrected chi connectivity index (χ0v) is 18.2. The lowest BCUT2D eigenvalue weighted by Gasteiger charge is -2.32. The van der Waals surface area contributed by atoms with Crippen molar-refractivity contribution in [1.29, 1.82) is 0 Å². The number of pyridine rings is 1. The molecule has 2 N–H and O–H groups in total. The first-order valence-corrected chi connectivity index (χ1v) is 11.4. The highest BCUT2D eigenvalue weighted by molar-refractivity contribution is 6.06. The highest BCUT2D eigenvalue weighted by Crippen LogP contribution is 2.37. The van der Waals surface area contributed by atoms with E-state index in [1.807, 2.05) is 24.8 Å². The minimum atomic E-state index is 0.449. The predicted molar refractivity (Wildman–Crippen MR) is 125 cm³/mol. The Morgan fingerprint density at radius 3 is 2.75 bits per heavy atom. The molecule has 6 rings (SSSR count). The third-order valence-electron chi connectivity index (χ3n) is 6.61. The van der Waals surface area contributed by atoms with E-state index in [0.717, 1.165) is 47.4 Å². The quantitative estimate of drug-likeness (QED) is 0.509. The van der Waals surface area contributed by atoms with Crippen LogP contribution in [0, 0.1) is 0 Å².